The van der Waals surface area contributed by atoms with Gasteiger partial charge in [-0.3, -0.25) is 0 Å². The van der Waals surface area contributed by atoms with Gasteiger partial charge in [-0.15, -0.1) is 0 Å². The molecule has 3 nitrogen and oxygen atoms in total. The van der Waals surface area contributed by atoms with Gasteiger partial charge in [-0.2, -0.15) is 0 Å². The van der Waals surface area contributed by atoms with Crippen molar-refractivity contribution in [2.24, 2.45) is 0 Å². The first-order chi connectivity index (χ1) is 8.60. The van der Waals surface area contributed by atoms with Crippen molar-refractivity contribution < 1.29 is 0 Å². The Kier molecular flexibility index (Phi) is 3.60. The summed E-state index contributed by atoms with van der Waals surface area (Å²) in [6.07, 6.45) is 1.05. The van der Waals surface area contributed by atoms with Gasteiger partial charge >= 0.3 is 0 Å². The van der Waals surface area contributed by atoms with E-state index in [0.29, 0.717) is 11.9 Å². The molecule has 1 aromatic heterocycles. The van der Waals surface area contributed by atoms with Crippen LogP contribution in [0.15, 0.2) is 30.3 Å². The third-order valence-electron chi connectivity index (χ3n) is 3.01. The van der Waals surface area contributed by atoms with E-state index in [4.69, 9.17) is 5.73 Å². The Labute approximate surface area is 108 Å². The van der Waals surface area contributed by atoms with Gasteiger partial charge in [-0.25, -0.2) is 9.97 Å². The maximum absolute atomic E-state index is 5.77. The lowest BCUT2D eigenvalue weighted by molar-refractivity contribution is 0.819. The topological polar surface area (TPSA) is 51.8 Å². The van der Waals surface area contributed by atoms with Crippen LogP contribution in [0.1, 0.15) is 37.9 Å². The average molecular weight is 241 g/mol. The number of rotatable bonds is 3. The number of aryl methyl sites for hydroxylation is 1. The van der Waals surface area contributed by atoms with E-state index in [1.165, 1.54) is 5.56 Å². The summed E-state index contributed by atoms with van der Waals surface area (Å²) in [6, 6.07) is 10.4. The Hall–Kier alpha value is -1.90. The predicted molar refractivity (Wildman–Crippen MR) is 75.3 cm³/mol. The first kappa shape index (κ1) is 12.6. The predicted octanol–water partition coefficient (Wildman–Crippen LogP) is 3.41. The molecule has 0 saturated carbocycles. The molecule has 94 valence electrons. The summed E-state index contributed by atoms with van der Waals surface area (Å²) in [5.41, 5.74) is 10.1. The molecule has 0 atom stereocenters. The van der Waals surface area contributed by atoms with Crippen LogP contribution in [0.2, 0.25) is 0 Å². The summed E-state index contributed by atoms with van der Waals surface area (Å²) in [4.78, 5) is 8.57. The molecule has 2 rings (SSSR count). The van der Waals surface area contributed by atoms with E-state index >= 15 is 0 Å². The van der Waals surface area contributed by atoms with Gasteiger partial charge in [0.1, 0.15) is 0 Å². The van der Waals surface area contributed by atoms with E-state index in [-0.39, 0.29) is 0 Å². The molecule has 0 unspecified atom stereocenters. The first-order valence-electron chi connectivity index (χ1n) is 6.34. The summed E-state index contributed by atoms with van der Waals surface area (Å²) in [6.45, 7) is 6.35. The highest BCUT2D eigenvalue weighted by Crippen LogP contribution is 2.22. The molecule has 0 aliphatic heterocycles. The lowest BCUT2D eigenvalue weighted by Crippen LogP contribution is -2.02. The maximum Gasteiger partial charge on any atom is 0.220 e. The van der Waals surface area contributed by atoms with Crippen LogP contribution in [0.3, 0.4) is 0 Å². The van der Waals surface area contributed by atoms with Crippen LogP contribution in [0.4, 0.5) is 5.95 Å². The first-order valence-corrected chi connectivity index (χ1v) is 6.34. The summed E-state index contributed by atoms with van der Waals surface area (Å²) in [5, 5.41) is 0. The Morgan fingerprint density at radius 2 is 1.78 bits per heavy atom. The summed E-state index contributed by atoms with van der Waals surface area (Å²) < 4.78 is 0. The second kappa shape index (κ2) is 5.17. The standard InChI is InChI=1S/C15H19N3/c1-4-11-5-7-12(8-6-11)14-9-13(10(2)3)17-15(16)18-14/h5-10H,4H2,1-3H3,(H2,16,17,18). The van der Waals surface area contributed by atoms with Crippen molar-refractivity contribution in [3.05, 3.63) is 41.6 Å². The van der Waals surface area contributed by atoms with Crippen molar-refractivity contribution in [2.45, 2.75) is 33.1 Å². The molecular weight excluding hydrogens is 222 g/mol. The Bertz CT molecular complexity index is 530. The molecule has 1 heterocycles. The van der Waals surface area contributed by atoms with E-state index < -0.39 is 0 Å². The van der Waals surface area contributed by atoms with E-state index in [1.54, 1.807) is 0 Å². The zero-order valence-electron chi connectivity index (χ0n) is 11.1. The van der Waals surface area contributed by atoms with Crippen molar-refractivity contribution in [1.29, 1.82) is 0 Å². The fourth-order valence-corrected chi connectivity index (χ4v) is 1.84. The number of anilines is 1. The number of hydrogen-bond donors (Lipinski definition) is 1. The van der Waals surface area contributed by atoms with Gasteiger partial charge in [0.05, 0.1) is 5.69 Å². The number of benzene rings is 1. The molecule has 0 radical (unpaired) electrons. The van der Waals surface area contributed by atoms with E-state index in [2.05, 4.69) is 55.0 Å². The second-order valence-electron chi connectivity index (χ2n) is 4.74. The Balaban J connectivity index is 2.42. The van der Waals surface area contributed by atoms with Crippen molar-refractivity contribution >= 4 is 5.95 Å². The van der Waals surface area contributed by atoms with Crippen LogP contribution in [0.25, 0.3) is 11.3 Å². The molecule has 0 spiro atoms. The van der Waals surface area contributed by atoms with Gasteiger partial charge in [-0.1, -0.05) is 45.0 Å². The normalized spacial score (nSPS) is 10.9. The minimum absolute atomic E-state index is 0.343. The van der Waals surface area contributed by atoms with Crippen LogP contribution in [0.5, 0.6) is 0 Å². The fourth-order valence-electron chi connectivity index (χ4n) is 1.84. The van der Waals surface area contributed by atoms with Gasteiger partial charge < -0.3 is 5.73 Å². The smallest absolute Gasteiger partial charge is 0.220 e. The van der Waals surface area contributed by atoms with Crippen LogP contribution in [-0.4, -0.2) is 9.97 Å². The molecule has 0 saturated heterocycles. The zero-order chi connectivity index (χ0) is 13.1. The molecule has 0 bridgehead atoms. The van der Waals surface area contributed by atoms with Crippen molar-refractivity contribution in [1.82, 2.24) is 9.97 Å². The number of nitrogens with two attached hydrogens (primary N) is 1. The summed E-state index contributed by atoms with van der Waals surface area (Å²) >= 11 is 0. The van der Waals surface area contributed by atoms with Gasteiger partial charge in [0.15, 0.2) is 0 Å². The highest BCUT2D eigenvalue weighted by Gasteiger charge is 2.07. The third kappa shape index (κ3) is 2.67. The largest absolute Gasteiger partial charge is 0.368 e. The van der Waals surface area contributed by atoms with Gasteiger partial charge in [0, 0.05) is 11.3 Å². The third-order valence-corrected chi connectivity index (χ3v) is 3.01. The lowest BCUT2D eigenvalue weighted by Gasteiger charge is -2.08. The zero-order valence-corrected chi connectivity index (χ0v) is 11.1. The van der Waals surface area contributed by atoms with Gasteiger partial charge in [-0.05, 0) is 24.0 Å². The summed E-state index contributed by atoms with van der Waals surface area (Å²) in [7, 11) is 0. The SMILES string of the molecule is CCc1ccc(-c2cc(C(C)C)nc(N)n2)cc1. The van der Waals surface area contributed by atoms with Crippen LogP contribution < -0.4 is 5.73 Å². The molecule has 0 fully saturated rings. The molecule has 0 aliphatic carbocycles. The van der Waals surface area contributed by atoms with E-state index in [9.17, 15) is 0 Å². The fraction of sp³-hybridized carbons (Fsp3) is 0.333. The van der Waals surface area contributed by atoms with Crippen molar-refractivity contribution in [2.75, 3.05) is 5.73 Å². The minimum Gasteiger partial charge on any atom is -0.368 e. The van der Waals surface area contributed by atoms with Gasteiger partial charge in [0.25, 0.3) is 0 Å². The number of hydrogen-bond acceptors (Lipinski definition) is 3. The van der Waals surface area contributed by atoms with Crippen molar-refractivity contribution in [3.8, 4) is 11.3 Å². The monoisotopic (exact) mass is 241 g/mol. The van der Waals surface area contributed by atoms with E-state index in [1.807, 2.05) is 6.07 Å². The number of nitrogen functional groups attached to an aromatic ring is 1. The summed E-state index contributed by atoms with van der Waals surface area (Å²) in [5.74, 6) is 0.694. The molecule has 1 aromatic carbocycles. The molecule has 18 heavy (non-hydrogen) atoms. The molecule has 2 aromatic rings. The Morgan fingerprint density at radius 3 is 2.33 bits per heavy atom. The lowest BCUT2D eigenvalue weighted by atomic mass is 10.0. The molecule has 0 aliphatic rings. The molecule has 0 amide bonds. The molecule has 3 heteroatoms. The van der Waals surface area contributed by atoms with Crippen molar-refractivity contribution in [3.63, 3.8) is 0 Å². The quantitative estimate of drug-likeness (QED) is 0.895. The average Bonchev–Trinajstić information content (AvgIpc) is 2.38. The molecular formula is C15H19N3. The Morgan fingerprint density at radius 1 is 1.11 bits per heavy atom. The highest BCUT2D eigenvalue weighted by molar-refractivity contribution is 5.61. The van der Waals surface area contributed by atoms with Crippen LogP contribution >= 0.6 is 0 Å². The van der Waals surface area contributed by atoms with Gasteiger partial charge in [0.2, 0.25) is 5.95 Å². The number of nitrogens with zero attached hydrogens (tertiary/aromatic N) is 2. The number of aromatic nitrogens is 2. The molecule has 2 N–H and O–H groups in total. The second-order valence-corrected chi connectivity index (χ2v) is 4.74. The minimum atomic E-state index is 0.343. The van der Waals surface area contributed by atoms with Crippen LogP contribution in [-0.2, 0) is 6.42 Å². The van der Waals surface area contributed by atoms with Crippen LogP contribution in [0, 0.1) is 0 Å². The van der Waals surface area contributed by atoms with E-state index in [0.717, 1.165) is 23.4 Å². The maximum atomic E-state index is 5.77. The highest BCUT2D eigenvalue weighted by atomic mass is 15.0.